The number of ether oxygens (including phenoxy) is 2. The summed E-state index contributed by atoms with van der Waals surface area (Å²) in [4.78, 5) is 17.2. The van der Waals surface area contributed by atoms with Gasteiger partial charge >= 0.3 is 5.63 Å². The van der Waals surface area contributed by atoms with E-state index in [2.05, 4.69) is 30.6 Å². The molecule has 0 spiro atoms. The molecule has 12 nitrogen and oxygen atoms in total. The van der Waals surface area contributed by atoms with Gasteiger partial charge in [-0.25, -0.2) is 9.78 Å². The van der Waals surface area contributed by atoms with Gasteiger partial charge in [-0.2, -0.15) is 10.2 Å². The number of fused-ring (bicyclic) bond motifs is 3. The first-order valence-corrected chi connectivity index (χ1v) is 12.8. The molecule has 0 atom stereocenters. The van der Waals surface area contributed by atoms with Crippen LogP contribution in [-0.2, 0) is 13.2 Å². The lowest BCUT2D eigenvalue weighted by Gasteiger charge is -2.13. The van der Waals surface area contributed by atoms with E-state index in [1.165, 1.54) is 6.33 Å². The van der Waals surface area contributed by atoms with Gasteiger partial charge in [-0.3, -0.25) is 5.10 Å². The molecule has 0 aliphatic carbocycles. The minimum absolute atomic E-state index is 0.176. The average Bonchev–Trinajstić information content (AvgIpc) is 3.80. The van der Waals surface area contributed by atoms with Gasteiger partial charge in [-0.1, -0.05) is 0 Å². The normalized spacial score (nSPS) is 12.9. The zero-order valence-corrected chi connectivity index (χ0v) is 22.0. The summed E-state index contributed by atoms with van der Waals surface area (Å²) in [6, 6.07) is 14.6. The smallest absolute Gasteiger partial charge is 0.344 e. The molecule has 1 aliphatic rings. The van der Waals surface area contributed by atoms with E-state index in [-0.39, 0.29) is 13.2 Å². The lowest BCUT2D eigenvalue weighted by molar-refractivity contribution is 0.268. The quantitative estimate of drug-likeness (QED) is 0.183. The van der Waals surface area contributed by atoms with Gasteiger partial charge in [0.05, 0.1) is 5.39 Å². The highest BCUT2D eigenvalue weighted by molar-refractivity contribution is 6.06. The number of H-pyrrole nitrogens is 1. The van der Waals surface area contributed by atoms with Crippen LogP contribution in [0.3, 0.4) is 0 Å². The van der Waals surface area contributed by atoms with E-state index in [4.69, 9.17) is 22.7 Å². The zero-order valence-electron chi connectivity index (χ0n) is 22.0. The van der Waals surface area contributed by atoms with Crippen LogP contribution in [0.5, 0.6) is 11.5 Å². The maximum atomic E-state index is 13.1. The van der Waals surface area contributed by atoms with E-state index in [0.29, 0.717) is 69.2 Å². The van der Waals surface area contributed by atoms with Gasteiger partial charge in [0.25, 0.3) is 0 Å². The van der Waals surface area contributed by atoms with Crippen LogP contribution in [0.15, 0.2) is 88.3 Å². The standard InChI is InChI=1S/C29H22N6O6/c1-15-9-20-19-5-8-23(37-12-17-3-6-24(39-17)22-11-31-35-33-22)16(2)27(19)41-29(36)21(20)10-26(15)38-13-18-4-7-25(40-18)28-30-14-32-34-28/h3-10,14H,11-13H2,1-2H3,(H,30,32,34). The van der Waals surface area contributed by atoms with Crippen LogP contribution in [-0.4, -0.2) is 27.4 Å². The number of nitrogens with one attached hydrogen (secondary N) is 1. The molecule has 1 aliphatic heterocycles. The van der Waals surface area contributed by atoms with Crippen LogP contribution in [0.2, 0.25) is 0 Å². The molecular weight excluding hydrogens is 528 g/mol. The molecule has 0 radical (unpaired) electrons. The van der Waals surface area contributed by atoms with Crippen molar-refractivity contribution >= 4 is 27.5 Å². The number of hydrogen-bond donors (Lipinski definition) is 1. The fourth-order valence-corrected chi connectivity index (χ4v) is 4.71. The summed E-state index contributed by atoms with van der Waals surface area (Å²) in [5.41, 5.74) is 2.25. The Bertz CT molecular complexity index is 2030. The fourth-order valence-electron chi connectivity index (χ4n) is 4.71. The van der Waals surface area contributed by atoms with Crippen molar-refractivity contribution in [3.8, 4) is 23.1 Å². The van der Waals surface area contributed by atoms with Crippen molar-refractivity contribution in [1.82, 2.24) is 15.2 Å². The van der Waals surface area contributed by atoms with E-state index >= 15 is 0 Å². The average molecular weight is 551 g/mol. The van der Waals surface area contributed by atoms with Crippen molar-refractivity contribution in [2.24, 2.45) is 15.4 Å². The molecule has 2 aromatic carbocycles. The van der Waals surface area contributed by atoms with Crippen LogP contribution < -0.4 is 15.1 Å². The predicted octanol–water partition coefficient (Wildman–Crippen LogP) is 5.86. The molecule has 7 rings (SSSR count). The Morgan fingerprint density at radius 2 is 1.63 bits per heavy atom. The lowest BCUT2D eigenvalue weighted by atomic mass is 10.0. The van der Waals surface area contributed by atoms with Crippen LogP contribution in [0, 0.1) is 13.8 Å². The molecule has 0 saturated heterocycles. The van der Waals surface area contributed by atoms with Crippen LogP contribution >= 0.6 is 0 Å². The Balaban J connectivity index is 1.13. The molecule has 0 saturated carbocycles. The molecule has 12 heteroatoms. The molecule has 6 aromatic rings. The first kappa shape index (κ1) is 24.5. The third kappa shape index (κ3) is 4.54. The van der Waals surface area contributed by atoms with Crippen LogP contribution in [0.1, 0.15) is 28.4 Å². The van der Waals surface area contributed by atoms with Gasteiger partial charge in [0, 0.05) is 16.3 Å². The largest absolute Gasteiger partial charge is 0.485 e. The Kier molecular flexibility index (Phi) is 5.92. The molecule has 0 unspecified atom stereocenters. The molecule has 1 N–H and O–H groups in total. The Labute approximate surface area is 231 Å². The van der Waals surface area contributed by atoms with Gasteiger partial charge in [0.15, 0.2) is 17.3 Å². The lowest BCUT2D eigenvalue weighted by Crippen LogP contribution is -2.04. The number of furan rings is 2. The maximum absolute atomic E-state index is 13.1. The van der Waals surface area contributed by atoms with Crippen LogP contribution in [0.4, 0.5) is 0 Å². The van der Waals surface area contributed by atoms with Gasteiger partial charge in [0.2, 0.25) is 0 Å². The summed E-state index contributed by atoms with van der Waals surface area (Å²) in [6.07, 6.45) is 1.41. The molecule has 0 bridgehead atoms. The third-order valence-electron chi connectivity index (χ3n) is 6.82. The van der Waals surface area contributed by atoms with E-state index in [1.807, 2.05) is 44.2 Å². The monoisotopic (exact) mass is 550 g/mol. The van der Waals surface area contributed by atoms with Crippen LogP contribution in [0.25, 0.3) is 33.3 Å². The minimum atomic E-state index is -0.466. The summed E-state index contributed by atoms with van der Waals surface area (Å²) in [7, 11) is 0. The second kappa shape index (κ2) is 9.90. The SMILES string of the molecule is Cc1cc2c(cc1OCc1ccc(-c3ncn[nH]3)o1)c(=O)oc1c(C)c(OCc3ccc(C4=NN=NC4)o3)ccc12. The minimum Gasteiger partial charge on any atom is -0.485 e. The molecular formula is C29H22N6O6. The summed E-state index contributed by atoms with van der Waals surface area (Å²) in [5, 5.41) is 20.0. The van der Waals surface area contributed by atoms with Crippen molar-refractivity contribution in [1.29, 1.82) is 0 Å². The first-order chi connectivity index (χ1) is 20.0. The number of benzene rings is 2. The highest BCUT2D eigenvalue weighted by atomic mass is 16.5. The number of rotatable bonds is 8. The van der Waals surface area contributed by atoms with Gasteiger partial charge in [0.1, 0.15) is 60.4 Å². The highest BCUT2D eigenvalue weighted by Gasteiger charge is 2.17. The summed E-state index contributed by atoms with van der Waals surface area (Å²) < 4.78 is 29.4. The van der Waals surface area contributed by atoms with E-state index in [1.54, 1.807) is 18.2 Å². The van der Waals surface area contributed by atoms with Crippen molar-refractivity contribution in [3.63, 3.8) is 0 Å². The number of nitrogens with zero attached hydrogens (tertiary/aromatic N) is 5. The van der Waals surface area contributed by atoms with Crippen molar-refractivity contribution in [2.45, 2.75) is 27.1 Å². The highest BCUT2D eigenvalue weighted by Crippen LogP contribution is 2.34. The second-order valence-corrected chi connectivity index (χ2v) is 9.50. The van der Waals surface area contributed by atoms with E-state index in [0.717, 1.165) is 16.3 Å². The van der Waals surface area contributed by atoms with Gasteiger partial charge in [-0.05, 0) is 73.2 Å². The Morgan fingerprint density at radius 1 is 0.854 bits per heavy atom. The number of aromatic nitrogens is 3. The number of aromatic amines is 1. The maximum Gasteiger partial charge on any atom is 0.344 e. The molecule has 41 heavy (non-hydrogen) atoms. The number of aryl methyl sites for hydroxylation is 2. The van der Waals surface area contributed by atoms with Gasteiger partial charge < -0.3 is 22.7 Å². The molecule has 0 fully saturated rings. The number of hydrogen-bond acceptors (Lipinski definition) is 11. The second-order valence-electron chi connectivity index (χ2n) is 9.50. The molecule has 5 heterocycles. The van der Waals surface area contributed by atoms with Crippen molar-refractivity contribution in [3.05, 3.63) is 93.7 Å². The topological polar surface area (TPSA) is 154 Å². The third-order valence-corrected chi connectivity index (χ3v) is 6.82. The first-order valence-electron chi connectivity index (χ1n) is 12.8. The summed E-state index contributed by atoms with van der Waals surface area (Å²) >= 11 is 0. The summed E-state index contributed by atoms with van der Waals surface area (Å²) in [5.74, 6) is 4.07. The Morgan fingerprint density at radius 3 is 2.39 bits per heavy atom. The molecule has 0 amide bonds. The van der Waals surface area contributed by atoms with Crippen molar-refractivity contribution in [2.75, 3.05) is 6.54 Å². The zero-order chi connectivity index (χ0) is 27.9. The van der Waals surface area contributed by atoms with E-state index in [9.17, 15) is 4.79 Å². The fraction of sp³-hybridized carbons (Fsp3) is 0.172. The van der Waals surface area contributed by atoms with Crippen molar-refractivity contribution < 1.29 is 22.7 Å². The molecule has 204 valence electrons. The van der Waals surface area contributed by atoms with Gasteiger partial charge in [-0.15, -0.1) is 5.10 Å². The summed E-state index contributed by atoms with van der Waals surface area (Å²) in [6.45, 7) is 4.55. The predicted molar refractivity (Wildman–Crippen MR) is 147 cm³/mol. The Hall–Kier alpha value is -5.52. The molecule has 4 aromatic heterocycles. The van der Waals surface area contributed by atoms with E-state index < -0.39 is 5.63 Å².